The molecule has 0 unspecified atom stereocenters. The maximum absolute atomic E-state index is 13.4. The first-order valence-corrected chi connectivity index (χ1v) is 11.8. The van der Waals surface area contributed by atoms with E-state index in [-0.39, 0.29) is 26.7 Å². The predicted molar refractivity (Wildman–Crippen MR) is 125 cm³/mol. The molecule has 0 spiro atoms. The van der Waals surface area contributed by atoms with Crippen LogP contribution in [0.4, 0.5) is 5.69 Å². The summed E-state index contributed by atoms with van der Waals surface area (Å²) in [5.41, 5.74) is 1.96. The number of carbonyl (C=O) groups excluding carboxylic acids is 1. The van der Waals surface area contributed by atoms with Crippen LogP contribution in [0.25, 0.3) is 0 Å². The van der Waals surface area contributed by atoms with Crippen LogP contribution in [0.15, 0.2) is 77.7 Å². The fourth-order valence-corrected chi connectivity index (χ4v) is 4.95. The highest BCUT2D eigenvalue weighted by atomic mass is 35.5. The van der Waals surface area contributed by atoms with Gasteiger partial charge in [-0.3, -0.25) is 9.10 Å². The van der Waals surface area contributed by atoms with Crippen LogP contribution in [0.5, 0.6) is 0 Å². The van der Waals surface area contributed by atoms with Gasteiger partial charge in [-0.25, -0.2) is 8.42 Å². The molecule has 5 nitrogen and oxygen atoms in total. The van der Waals surface area contributed by atoms with Crippen molar-refractivity contribution in [2.24, 2.45) is 0 Å². The van der Waals surface area contributed by atoms with Crippen molar-refractivity contribution in [1.29, 1.82) is 0 Å². The molecule has 8 heteroatoms. The van der Waals surface area contributed by atoms with E-state index >= 15 is 0 Å². The van der Waals surface area contributed by atoms with Crippen LogP contribution < -0.4 is 9.62 Å². The Labute approximate surface area is 192 Å². The molecule has 0 aliphatic rings. The Morgan fingerprint density at radius 2 is 1.61 bits per heavy atom. The summed E-state index contributed by atoms with van der Waals surface area (Å²) in [5.74, 6) is -0.469. The largest absolute Gasteiger partial charge is 0.348 e. The van der Waals surface area contributed by atoms with E-state index in [4.69, 9.17) is 23.2 Å². The molecule has 0 fully saturated rings. The molecule has 1 N–H and O–H groups in total. The van der Waals surface area contributed by atoms with Gasteiger partial charge in [0.2, 0.25) is 5.91 Å². The molecule has 1 atom stereocenters. The van der Waals surface area contributed by atoms with Gasteiger partial charge in [0.05, 0.1) is 26.7 Å². The number of benzene rings is 3. The number of amides is 1. The number of aryl methyl sites for hydroxylation is 1. The molecule has 3 aromatic rings. The van der Waals surface area contributed by atoms with E-state index in [1.807, 2.05) is 44.2 Å². The van der Waals surface area contributed by atoms with Gasteiger partial charge in [0, 0.05) is 0 Å². The molecule has 0 aliphatic heterocycles. The second-order valence-corrected chi connectivity index (χ2v) is 9.75. The number of anilines is 1. The van der Waals surface area contributed by atoms with Crippen LogP contribution >= 0.6 is 23.2 Å². The number of nitrogens with zero attached hydrogens (tertiary/aromatic N) is 1. The van der Waals surface area contributed by atoms with Gasteiger partial charge >= 0.3 is 0 Å². The first kappa shape index (κ1) is 23.1. The fraction of sp³-hybridized carbons (Fsp3) is 0.174. The van der Waals surface area contributed by atoms with Gasteiger partial charge in [-0.05, 0) is 43.7 Å². The molecule has 31 heavy (non-hydrogen) atoms. The van der Waals surface area contributed by atoms with E-state index in [9.17, 15) is 13.2 Å². The Morgan fingerprint density at radius 1 is 0.968 bits per heavy atom. The monoisotopic (exact) mass is 476 g/mol. The molecule has 0 saturated carbocycles. The van der Waals surface area contributed by atoms with Crippen molar-refractivity contribution < 1.29 is 13.2 Å². The Kier molecular flexibility index (Phi) is 7.26. The summed E-state index contributed by atoms with van der Waals surface area (Å²) in [6.07, 6.45) is 0. The van der Waals surface area contributed by atoms with E-state index in [0.29, 0.717) is 0 Å². The van der Waals surface area contributed by atoms with Crippen LogP contribution in [-0.2, 0) is 14.8 Å². The van der Waals surface area contributed by atoms with Crippen LogP contribution in [0.2, 0.25) is 10.0 Å². The minimum Gasteiger partial charge on any atom is -0.348 e. The van der Waals surface area contributed by atoms with Crippen LogP contribution in [0, 0.1) is 6.92 Å². The average Bonchev–Trinajstić information content (AvgIpc) is 2.75. The molecule has 0 aliphatic carbocycles. The molecule has 1 amide bonds. The minimum atomic E-state index is -4.08. The van der Waals surface area contributed by atoms with Gasteiger partial charge < -0.3 is 5.32 Å². The highest BCUT2D eigenvalue weighted by Crippen LogP contribution is 2.35. The molecule has 3 aromatic carbocycles. The van der Waals surface area contributed by atoms with Gasteiger partial charge in [-0.15, -0.1) is 0 Å². The number of rotatable bonds is 7. The fourth-order valence-electron chi connectivity index (χ4n) is 3.06. The van der Waals surface area contributed by atoms with Gasteiger partial charge in [-0.2, -0.15) is 0 Å². The van der Waals surface area contributed by atoms with E-state index in [0.717, 1.165) is 15.4 Å². The molecule has 0 radical (unpaired) electrons. The predicted octanol–water partition coefficient (Wildman–Crippen LogP) is 5.37. The van der Waals surface area contributed by atoms with Gasteiger partial charge in [-0.1, -0.05) is 77.3 Å². The van der Waals surface area contributed by atoms with Crippen LogP contribution in [0.3, 0.4) is 0 Å². The zero-order valence-corrected chi connectivity index (χ0v) is 19.4. The Morgan fingerprint density at radius 3 is 2.26 bits per heavy atom. The number of nitrogens with one attached hydrogen (secondary N) is 1. The number of halogens is 2. The van der Waals surface area contributed by atoms with Gasteiger partial charge in [0.25, 0.3) is 10.0 Å². The molecule has 0 bridgehead atoms. The molecule has 162 valence electrons. The first-order chi connectivity index (χ1) is 14.7. The standard InChI is InChI=1S/C23H22Cl2N2O3S/c1-16-11-13-19(14-12-16)31(29,30)27(21-10-6-9-20(24)23(21)25)15-22(28)26-17(2)18-7-4-3-5-8-18/h3-14,17H,15H2,1-2H3,(H,26,28)/t17-/m0/s1. The molecular formula is C23H22Cl2N2O3S. The van der Waals surface area contributed by atoms with Crippen molar-refractivity contribution in [2.45, 2.75) is 24.8 Å². The summed E-state index contributed by atoms with van der Waals surface area (Å²) >= 11 is 12.4. The SMILES string of the molecule is Cc1ccc(S(=O)(=O)N(CC(=O)N[C@@H](C)c2ccccc2)c2cccc(Cl)c2Cl)cc1. The first-order valence-electron chi connectivity index (χ1n) is 9.58. The Hall–Kier alpha value is -2.54. The lowest BCUT2D eigenvalue weighted by Gasteiger charge is -2.26. The van der Waals surface area contributed by atoms with Gasteiger partial charge in [0.1, 0.15) is 6.54 Å². The number of sulfonamides is 1. The number of carbonyl (C=O) groups is 1. The summed E-state index contributed by atoms with van der Waals surface area (Å²) in [7, 11) is -4.08. The third-order valence-corrected chi connectivity index (χ3v) is 7.36. The Bertz CT molecular complexity index is 1170. The molecule has 0 heterocycles. The van der Waals surface area contributed by atoms with Crippen LogP contribution in [0.1, 0.15) is 24.1 Å². The maximum atomic E-state index is 13.4. The summed E-state index contributed by atoms with van der Waals surface area (Å²) in [6.45, 7) is 3.24. The lowest BCUT2D eigenvalue weighted by Crippen LogP contribution is -2.41. The highest BCUT2D eigenvalue weighted by molar-refractivity contribution is 7.92. The van der Waals surface area contributed by atoms with Crippen molar-refractivity contribution in [3.05, 3.63) is 94.0 Å². The molecular weight excluding hydrogens is 455 g/mol. The number of hydrogen-bond acceptors (Lipinski definition) is 3. The number of hydrogen-bond donors (Lipinski definition) is 1. The zero-order valence-electron chi connectivity index (χ0n) is 17.0. The highest BCUT2D eigenvalue weighted by Gasteiger charge is 2.29. The van der Waals surface area contributed by atoms with E-state index in [2.05, 4.69) is 5.32 Å². The van der Waals surface area contributed by atoms with Crippen molar-refractivity contribution in [1.82, 2.24) is 5.32 Å². The van der Waals surface area contributed by atoms with E-state index in [1.165, 1.54) is 18.2 Å². The topological polar surface area (TPSA) is 66.5 Å². The van der Waals surface area contributed by atoms with Crippen molar-refractivity contribution in [2.75, 3.05) is 10.8 Å². The molecule has 0 saturated heterocycles. The van der Waals surface area contributed by atoms with Crippen molar-refractivity contribution in [3.63, 3.8) is 0 Å². The zero-order chi connectivity index (χ0) is 22.6. The second-order valence-electron chi connectivity index (χ2n) is 7.10. The minimum absolute atomic E-state index is 0.0538. The summed E-state index contributed by atoms with van der Waals surface area (Å²) in [5, 5.41) is 3.10. The van der Waals surface area contributed by atoms with Crippen molar-refractivity contribution in [3.8, 4) is 0 Å². The van der Waals surface area contributed by atoms with Gasteiger partial charge in [0.15, 0.2) is 0 Å². The molecule has 3 rings (SSSR count). The summed E-state index contributed by atoms with van der Waals surface area (Å²) in [6, 6.07) is 20.2. The van der Waals surface area contributed by atoms with Crippen LogP contribution in [-0.4, -0.2) is 20.9 Å². The molecule has 0 aromatic heterocycles. The summed E-state index contributed by atoms with van der Waals surface area (Å²) in [4.78, 5) is 12.9. The third-order valence-electron chi connectivity index (χ3n) is 4.77. The maximum Gasteiger partial charge on any atom is 0.264 e. The smallest absolute Gasteiger partial charge is 0.264 e. The lowest BCUT2D eigenvalue weighted by molar-refractivity contribution is -0.120. The Balaban J connectivity index is 1.95. The summed E-state index contributed by atoms with van der Waals surface area (Å²) < 4.78 is 27.9. The normalized spacial score (nSPS) is 12.3. The van der Waals surface area contributed by atoms with E-state index < -0.39 is 22.5 Å². The van der Waals surface area contributed by atoms with Crippen molar-refractivity contribution >= 4 is 44.8 Å². The lowest BCUT2D eigenvalue weighted by atomic mass is 10.1. The quantitative estimate of drug-likeness (QED) is 0.497. The third kappa shape index (κ3) is 5.39. The van der Waals surface area contributed by atoms with E-state index in [1.54, 1.807) is 24.3 Å². The second kappa shape index (κ2) is 9.73. The average molecular weight is 477 g/mol.